The second kappa shape index (κ2) is 18.8. The van der Waals surface area contributed by atoms with Crippen molar-refractivity contribution in [3.63, 3.8) is 0 Å². The molecule has 0 radical (unpaired) electrons. The summed E-state index contributed by atoms with van der Waals surface area (Å²) < 4.78 is 20.0. The third-order valence-corrected chi connectivity index (χ3v) is 9.03. The summed E-state index contributed by atoms with van der Waals surface area (Å²) in [5.74, 6) is 2.75. The smallest absolute Gasteiger partial charge is 0.303 e. The van der Waals surface area contributed by atoms with E-state index in [9.17, 15) is 4.79 Å². The molecule has 10 heteroatoms. The third-order valence-electron chi connectivity index (χ3n) is 8.62. The van der Waals surface area contributed by atoms with Crippen LogP contribution in [0.15, 0.2) is 30.9 Å². The van der Waals surface area contributed by atoms with E-state index in [1.54, 1.807) is 10.9 Å². The van der Waals surface area contributed by atoms with E-state index < -0.39 is 30.5 Å². The molecule has 3 aromatic rings. The number of carbonyl (C=O) groups excluding carboxylic acids is 1. The van der Waals surface area contributed by atoms with Crippen LogP contribution in [0.3, 0.4) is 0 Å². The third kappa shape index (κ3) is 9.90. The molecule has 1 aliphatic rings. The van der Waals surface area contributed by atoms with Crippen molar-refractivity contribution in [2.24, 2.45) is 0 Å². The maximum Gasteiger partial charge on any atom is 0.303 e. The first-order valence-electron chi connectivity index (χ1n) is 17.0. The molecule has 9 nitrogen and oxygen atoms in total. The van der Waals surface area contributed by atoms with Crippen LogP contribution in [0.25, 0.3) is 11.2 Å². The molecule has 1 N–H and O–H groups in total. The summed E-state index contributed by atoms with van der Waals surface area (Å²) in [6.45, 7) is 6.07. The minimum Gasteiger partial charge on any atom is -0.455 e. The van der Waals surface area contributed by atoms with Crippen molar-refractivity contribution in [1.29, 1.82) is 0 Å². The Morgan fingerprint density at radius 1 is 0.978 bits per heavy atom. The van der Waals surface area contributed by atoms with Gasteiger partial charge in [-0.15, -0.1) is 6.42 Å². The number of benzene rings is 1. The number of hydrogen-bond acceptors (Lipinski definition) is 8. The lowest BCUT2D eigenvalue weighted by Crippen LogP contribution is -2.37. The molecule has 46 heavy (non-hydrogen) atoms. The molecule has 1 aliphatic heterocycles. The number of hydrogen-bond donors (Lipinski definition) is 1. The number of fused-ring (bicyclic) bond motifs is 1. The van der Waals surface area contributed by atoms with Crippen LogP contribution < -0.4 is 5.32 Å². The topological polar surface area (TPSA) is 100 Å². The summed E-state index contributed by atoms with van der Waals surface area (Å²) in [5.41, 5.74) is 2.72. The molecule has 1 aromatic carbocycles. The van der Waals surface area contributed by atoms with Gasteiger partial charge in [-0.25, -0.2) is 15.0 Å². The SMILES string of the molecule is C#CC1OC(n2cnc3c(Nc4cccc(Cl)c4C)ncnc32)C(OC(C)=O)C1OCCCCCCCCCCCCCCCC. The van der Waals surface area contributed by atoms with Gasteiger partial charge in [0, 0.05) is 24.2 Å². The molecule has 3 heterocycles. The minimum atomic E-state index is -0.774. The van der Waals surface area contributed by atoms with Crippen molar-refractivity contribution in [3.8, 4) is 12.3 Å². The molecule has 4 atom stereocenters. The standard InChI is InChI=1S/C36H50ClN5O4/c1-5-7-8-9-10-11-12-13-14-15-16-17-18-19-23-44-32-30(6-2)46-36(33(32)45-27(4)43)42-25-40-31-34(38-24-39-35(31)42)41-29-22-20-21-28(37)26(29)3/h2,20-22,24-25,30,32-33,36H,5,7-19,23H2,1,3-4H3,(H,38,39,41). The van der Waals surface area contributed by atoms with Crippen LogP contribution in [-0.4, -0.2) is 50.4 Å². The Morgan fingerprint density at radius 3 is 2.26 bits per heavy atom. The number of nitrogens with one attached hydrogen (secondary N) is 1. The van der Waals surface area contributed by atoms with E-state index >= 15 is 0 Å². The van der Waals surface area contributed by atoms with E-state index in [1.165, 1.54) is 90.3 Å². The van der Waals surface area contributed by atoms with Gasteiger partial charge in [0.2, 0.25) is 0 Å². The van der Waals surface area contributed by atoms with E-state index in [0.29, 0.717) is 28.6 Å². The molecule has 0 bridgehead atoms. The minimum absolute atomic E-state index is 0.445. The van der Waals surface area contributed by atoms with Gasteiger partial charge >= 0.3 is 5.97 Å². The Kier molecular flexibility index (Phi) is 14.6. The van der Waals surface area contributed by atoms with Crippen molar-refractivity contribution >= 4 is 40.2 Å². The van der Waals surface area contributed by atoms with E-state index in [2.05, 4.69) is 33.1 Å². The largest absolute Gasteiger partial charge is 0.455 e. The highest BCUT2D eigenvalue weighted by Gasteiger charge is 2.48. The predicted octanol–water partition coefficient (Wildman–Crippen LogP) is 8.86. The first-order valence-corrected chi connectivity index (χ1v) is 17.4. The number of esters is 1. The maximum absolute atomic E-state index is 12.2. The lowest BCUT2D eigenvalue weighted by Gasteiger charge is -2.23. The zero-order chi connectivity index (χ0) is 32.7. The van der Waals surface area contributed by atoms with Gasteiger partial charge in [0.25, 0.3) is 0 Å². The molecule has 1 saturated heterocycles. The molecule has 0 saturated carbocycles. The van der Waals surface area contributed by atoms with Gasteiger partial charge in [-0.2, -0.15) is 0 Å². The van der Waals surface area contributed by atoms with Gasteiger partial charge in [0.1, 0.15) is 12.4 Å². The van der Waals surface area contributed by atoms with E-state index in [0.717, 1.165) is 24.1 Å². The number of imidazole rings is 1. The number of rotatable bonds is 20. The van der Waals surface area contributed by atoms with E-state index in [-0.39, 0.29) is 0 Å². The first kappa shape index (κ1) is 35.7. The van der Waals surface area contributed by atoms with Crippen LogP contribution in [-0.2, 0) is 19.0 Å². The lowest BCUT2D eigenvalue weighted by atomic mass is 10.0. The number of anilines is 2. The Hall–Kier alpha value is -3.19. The number of unbranched alkanes of at least 4 members (excludes halogenated alkanes) is 13. The highest BCUT2D eigenvalue weighted by atomic mass is 35.5. The summed E-state index contributed by atoms with van der Waals surface area (Å²) in [6, 6.07) is 5.61. The van der Waals surface area contributed by atoms with Crippen LogP contribution in [0.4, 0.5) is 11.5 Å². The number of ether oxygens (including phenoxy) is 3. The molecule has 2 aromatic heterocycles. The van der Waals surface area contributed by atoms with Crippen LogP contribution in [0, 0.1) is 19.3 Å². The fraction of sp³-hybridized carbons (Fsp3) is 0.611. The molecule has 1 fully saturated rings. The molecule has 0 spiro atoms. The van der Waals surface area contributed by atoms with Crippen molar-refractivity contribution in [1.82, 2.24) is 19.5 Å². The average Bonchev–Trinajstić information content (AvgIpc) is 3.62. The second-order valence-electron chi connectivity index (χ2n) is 12.2. The van der Waals surface area contributed by atoms with Crippen molar-refractivity contribution < 1.29 is 19.0 Å². The molecule has 0 amide bonds. The second-order valence-corrected chi connectivity index (χ2v) is 12.6. The number of aromatic nitrogens is 4. The molecular formula is C36H50ClN5O4. The number of carbonyl (C=O) groups is 1. The Morgan fingerprint density at radius 2 is 1.63 bits per heavy atom. The van der Waals surface area contributed by atoms with Gasteiger partial charge < -0.3 is 19.5 Å². The van der Waals surface area contributed by atoms with Gasteiger partial charge in [0.15, 0.2) is 35.4 Å². The Labute approximate surface area is 279 Å². The van der Waals surface area contributed by atoms with Crippen LogP contribution in [0.1, 0.15) is 116 Å². The Balaban J connectivity index is 1.29. The lowest BCUT2D eigenvalue weighted by molar-refractivity contribution is -0.157. The quantitative estimate of drug-likeness (QED) is 0.0734. The van der Waals surface area contributed by atoms with Crippen molar-refractivity contribution in [2.45, 2.75) is 135 Å². The van der Waals surface area contributed by atoms with Crippen LogP contribution in [0.2, 0.25) is 5.02 Å². The maximum atomic E-state index is 12.2. The van der Waals surface area contributed by atoms with Gasteiger partial charge in [-0.3, -0.25) is 9.36 Å². The van der Waals surface area contributed by atoms with Crippen LogP contribution in [0.5, 0.6) is 0 Å². The van der Waals surface area contributed by atoms with Gasteiger partial charge in [-0.05, 0) is 31.0 Å². The number of halogens is 1. The summed E-state index contributed by atoms with van der Waals surface area (Å²) >= 11 is 6.32. The van der Waals surface area contributed by atoms with E-state index in [4.69, 9.17) is 32.2 Å². The summed E-state index contributed by atoms with van der Waals surface area (Å²) in [7, 11) is 0. The molecule has 250 valence electrons. The van der Waals surface area contributed by atoms with Crippen molar-refractivity contribution in [2.75, 3.05) is 11.9 Å². The number of terminal acetylenes is 1. The van der Waals surface area contributed by atoms with Gasteiger partial charge in [-0.1, -0.05) is 114 Å². The first-order chi connectivity index (χ1) is 22.4. The zero-order valence-electron chi connectivity index (χ0n) is 27.7. The summed E-state index contributed by atoms with van der Waals surface area (Å²) in [5, 5.41) is 3.95. The van der Waals surface area contributed by atoms with Crippen molar-refractivity contribution in [3.05, 3.63) is 41.4 Å². The summed E-state index contributed by atoms with van der Waals surface area (Å²) in [4.78, 5) is 25.6. The molecule has 4 rings (SSSR count). The normalized spacial score (nSPS) is 19.4. The highest BCUT2D eigenvalue weighted by Crippen LogP contribution is 2.36. The van der Waals surface area contributed by atoms with E-state index in [1.807, 2.05) is 25.1 Å². The molecule has 0 aliphatic carbocycles. The van der Waals surface area contributed by atoms with Gasteiger partial charge in [0.05, 0.1) is 6.33 Å². The average molecular weight is 652 g/mol. The predicted molar refractivity (Wildman–Crippen MR) is 183 cm³/mol. The molecular weight excluding hydrogens is 602 g/mol. The van der Waals surface area contributed by atoms with Crippen LogP contribution >= 0.6 is 11.6 Å². The summed E-state index contributed by atoms with van der Waals surface area (Å²) in [6.07, 6.45) is 24.1. The Bertz CT molecular complexity index is 1420. The molecule has 4 unspecified atom stereocenters. The number of nitrogens with zero attached hydrogens (tertiary/aromatic N) is 4. The highest BCUT2D eigenvalue weighted by molar-refractivity contribution is 6.31. The monoisotopic (exact) mass is 651 g/mol. The fourth-order valence-electron chi connectivity index (χ4n) is 6.01. The zero-order valence-corrected chi connectivity index (χ0v) is 28.4. The fourth-order valence-corrected chi connectivity index (χ4v) is 6.19.